The van der Waals surface area contributed by atoms with Crippen molar-refractivity contribution in [1.82, 2.24) is 10.3 Å². The summed E-state index contributed by atoms with van der Waals surface area (Å²) in [4.78, 5) is 6.91. The summed E-state index contributed by atoms with van der Waals surface area (Å²) in [5.74, 6) is 13.1. The third-order valence-electron chi connectivity index (χ3n) is 5.20. The average molecular weight is 458 g/mol. The van der Waals surface area contributed by atoms with E-state index >= 15 is 0 Å². The number of thiophene rings is 1. The first-order valence-electron chi connectivity index (χ1n) is 9.76. The van der Waals surface area contributed by atoms with Crippen molar-refractivity contribution in [3.05, 3.63) is 57.6 Å². The van der Waals surface area contributed by atoms with Crippen molar-refractivity contribution in [3.63, 3.8) is 0 Å². The van der Waals surface area contributed by atoms with E-state index in [4.69, 9.17) is 33.8 Å². The molecule has 0 unspecified atom stereocenters. The van der Waals surface area contributed by atoms with Crippen molar-refractivity contribution in [2.24, 2.45) is 16.8 Å². The Kier molecular flexibility index (Phi) is 6.28. The molecule has 0 radical (unpaired) electrons. The summed E-state index contributed by atoms with van der Waals surface area (Å²) >= 11 is 8.03. The van der Waals surface area contributed by atoms with Crippen LogP contribution in [-0.4, -0.2) is 31.0 Å². The number of nitrogens with zero attached hydrogens (tertiary/aromatic N) is 3. The molecule has 10 heteroatoms. The van der Waals surface area contributed by atoms with E-state index in [1.54, 1.807) is 42.8 Å². The van der Waals surface area contributed by atoms with Gasteiger partial charge in [-0.2, -0.15) is 5.10 Å². The largest absolute Gasteiger partial charge is 0.495 e. The lowest BCUT2D eigenvalue weighted by molar-refractivity contribution is 0.415. The molecule has 31 heavy (non-hydrogen) atoms. The predicted molar refractivity (Wildman–Crippen MR) is 128 cm³/mol. The van der Waals surface area contributed by atoms with Gasteiger partial charge in [0.25, 0.3) is 0 Å². The predicted octanol–water partition coefficient (Wildman–Crippen LogP) is 2.74. The molecule has 8 nitrogen and oxygen atoms in total. The Bertz CT molecular complexity index is 1110. The molecule has 0 amide bonds. The van der Waals surface area contributed by atoms with Crippen molar-refractivity contribution < 1.29 is 4.74 Å². The van der Waals surface area contributed by atoms with Gasteiger partial charge < -0.3 is 21.6 Å². The van der Waals surface area contributed by atoms with E-state index in [-0.39, 0.29) is 11.7 Å². The highest BCUT2D eigenvalue weighted by atomic mass is 35.5. The number of nitrogen functional groups attached to an aromatic ring is 1. The van der Waals surface area contributed by atoms with Crippen molar-refractivity contribution >= 4 is 40.3 Å². The van der Waals surface area contributed by atoms with E-state index in [9.17, 15) is 0 Å². The second-order valence-electron chi connectivity index (χ2n) is 7.11. The van der Waals surface area contributed by atoms with Gasteiger partial charge in [-0.3, -0.25) is 5.01 Å². The zero-order chi connectivity index (χ0) is 22.0. The van der Waals surface area contributed by atoms with Crippen molar-refractivity contribution in [1.29, 1.82) is 0 Å². The fourth-order valence-corrected chi connectivity index (χ4v) is 5.00. The second kappa shape index (κ2) is 9.11. The topological polar surface area (TPSA) is 128 Å². The normalized spacial score (nSPS) is 14.1. The molecule has 0 aliphatic carbocycles. The number of ether oxygens (including phenoxy) is 1. The van der Waals surface area contributed by atoms with Crippen LogP contribution in [0.25, 0.3) is 10.4 Å². The van der Waals surface area contributed by atoms with Gasteiger partial charge in [0, 0.05) is 21.5 Å². The summed E-state index contributed by atoms with van der Waals surface area (Å²) in [6.45, 7) is 1.99. The first-order chi connectivity index (χ1) is 15.0. The first-order valence-corrected chi connectivity index (χ1v) is 11.0. The molecule has 0 fully saturated rings. The van der Waals surface area contributed by atoms with Crippen molar-refractivity contribution in [2.45, 2.75) is 12.8 Å². The lowest BCUT2D eigenvalue weighted by Gasteiger charge is -2.21. The number of nitrogens with one attached hydrogen (secondary N) is 1. The first kappa shape index (κ1) is 21.4. The second-order valence-corrected chi connectivity index (χ2v) is 8.65. The summed E-state index contributed by atoms with van der Waals surface area (Å²) in [7, 11) is 1.55. The molecule has 0 atom stereocenters. The maximum absolute atomic E-state index is 6.33. The maximum atomic E-state index is 6.33. The highest BCUT2D eigenvalue weighted by molar-refractivity contribution is 7.15. The number of nitrogens with two attached hydrogens (primary N) is 3. The van der Waals surface area contributed by atoms with Crippen molar-refractivity contribution in [2.75, 3.05) is 30.9 Å². The van der Waals surface area contributed by atoms with Gasteiger partial charge >= 0.3 is 0 Å². The molecule has 3 heterocycles. The number of hydrazine groups is 1. The molecule has 162 valence electrons. The molecular formula is C21H24ClN7OS. The molecule has 0 saturated heterocycles. The quantitative estimate of drug-likeness (QED) is 0.205. The number of methoxy groups -OCH3 is 1. The van der Waals surface area contributed by atoms with E-state index in [0.29, 0.717) is 22.0 Å². The standard InChI is InChI=1S/C21H24ClN7OS/c1-30-17-3-2-14(10-16(17)22)29(25)21(28-24)15-8-13(11-27-20(15)23)19-9-12-4-6-26-7-5-18(12)31-19/h2-3,8-11,26H,4-7,24-25H2,1H3,(H2,23,27)/b28-21-. The molecule has 2 aromatic heterocycles. The van der Waals surface area contributed by atoms with Crippen LogP contribution in [0.15, 0.2) is 41.6 Å². The molecular weight excluding hydrogens is 434 g/mol. The van der Waals surface area contributed by atoms with E-state index in [0.717, 1.165) is 36.4 Å². The number of hydrogen-bond donors (Lipinski definition) is 4. The Morgan fingerprint density at radius 2 is 2.06 bits per heavy atom. The van der Waals surface area contributed by atoms with Crippen LogP contribution in [0.2, 0.25) is 5.02 Å². The number of amidine groups is 1. The Morgan fingerprint density at radius 3 is 2.81 bits per heavy atom. The number of benzene rings is 1. The number of hydrogen-bond acceptors (Lipinski definition) is 8. The highest BCUT2D eigenvalue weighted by Crippen LogP contribution is 2.34. The van der Waals surface area contributed by atoms with E-state index in [1.807, 2.05) is 6.07 Å². The van der Waals surface area contributed by atoms with Crippen LogP contribution in [-0.2, 0) is 12.8 Å². The molecule has 1 aliphatic rings. The van der Waals surface area contributed by atoms with Gasteiger partial charge in [-0.05, 0) is 61.8 Å². The van der Waals surface area contributed by atoms with Gasteiger partial charge in [-0.1, -0.05) is 11.6 Å². The minimum Gasteiger partial charge on any atom is -0.495 e. The Hall–Kier alpha value is -2.85. The van der Waals surface area contributed by atoms with Crippen LogP contribution in [0.4, 0.5) is 11.5 Å². The van der Waals surface area contributed by atoms with Gasteiger partial charge in [0.1, 0.15) is 11.6 Å². The Labute approximate surface area is 189 Å². The Morgan fingerprint density at radius 1 is 1.26 bits per heavy atom. The molecule has 7 N–H and O–H groups in total. The SMILES string of the molecule is COc1ccc(N(N)/C(=N\N)c2cc(-c3cc4c(s3)CCNCC4)cnc2N)cc1Cl. The maximum Gasteiger partial charge on any atom is 0.177 e. The van der Waals surface area contributed by atoms with Crippen LogP contribution in [0.3, 0.4) is 0 Å². The lowest BCUT2D eigenvalue weighted by Crippen LogP contribution is -2.39. The number of rotatable bonds is 4. The molecule has 0 saturated carbocycles. The van der Waals surface area contributed by atoms with Crippen LogP contribution < -0.4 is 32.5 Å². The van der Waals surface area contributed by atoms with Gasteiger partial charge in [0.05, 0.1) is 23.4 Å². The number of fused-ring (bicyclic) bond motifs is 1. The number of hydrazone groups is 1. The van der Waals surface area contributed by atoms with Gasteiger partial charge in [0.2, 0.25) is 0 Å². The molecule has 3 aromatic rings. The molecule has 4 rings (SSSR count). The minimum atomic E-state index is 0.274. The number of anilines is 2. The number of aromatic nitrogens is 1. The van der Waals surface area contributed by atoms with Crippen LogP contribution in [0.1, 0.15) is 16.0 Å². The van der Waals surface area contributed by atoms with E-state index < -0.39 is 0 Å². The van der Waals surface area contributed by atoms with Gasteiger partial charge in [-0.15, -0.1) is 11.3 Å². The van der Waals surface area contributed by atoms with Gasteiger partial charge in [-0.25, -0.2) is 10.8 Å². The fraction of sp³-hybridized carbons (Fsp3) is 0.238. The third kappa shape index (κ3) is 4.31. The molecule has 0 bridgehead atoms. The van der Waals surface area contributed by atoms with Gasteiger partial charge in [0.15, 0.2) is 5.84 Å². The van der Waals surface area contributed by atoms with Crippen LogP contribution >= 0.6 is 22.9 Å². The van der Waals surface area contributed by atoms with E-state index in [2.05, 4.69) is 21.5 Å². The fourth-order valence-electron chi connectivity index (χ4n) is 3.56. The van der Waals surface area contributed by atoms with E-state index in [1.165, 1.54) is 15.4 Å². The van der Waals surface area contributed by atoms with Crippen molar-refractivity contribution in [3.8, 4) is 16.2 Å². The smallest absolute Gasteiger partial charge is 0.177 e. The summed E-state index contributed by atoms with van der Waals surface area (Å²) in [5, 5.41) is 9.08. The Balaban J connectivity index is 1.69. The number of pyridine rings is 1. The monoisotopic (exact) mass is 457 g/mol. The third-order valence-corrected chi connectivity index (χ3v) is 6.79. The summed E-state index contributed by atoms with van der Waals surface area (Å²) in [6.07, 6.45) is 3.81. The minimum absolute atomic E-state index is 0.274. The molecule has 0 spiro atoms. The summed E-state index contributed by atoms with van der Waals surface area (Å²) in [5.41, 5.74) is 9.61. The molecule has 1 aliphatic heterocycles. The lowest BCUT2D eigenvalue weighted by atomic mass is 10.1. The zero-order valence-corrected chi connectivity index (χ0v) is 18.6. The van der Waals surface area contributed by atoms with Crippen LogP contribution in [0.5, 0.6) is 5.75 Å². The highest BCUT2D eigenvalue weighted by Gasteiger charge is 2.20. The number of halogens is 1. The zero-order valence-electron chi connectivity index (χ0n) is 17.1. The summed E-state index contributed by atoms with van der Waals surface area (Å²) < 4.78 is 5.20. The molecule has 1 aromatic carbocycles. The summed E-state index contributed by atoms with van der Waals surface area (Å²) in [6, 6.07) is 9.30. The average Bonchev–Trinajstić information content (AvgIpc) is 3.05. The van der Waals surface area contributed by atoms with Crippen LogP contribution in [0, 0.1) is 0 Å².